The molecular weight excluding hydrogens is 933 g/mol. The van der Waals surface area contributed by atoms with Crippen LogP contribution in [-0.4, -0.2) is 0 Å². The molecule has 0 aliphatic rings. The molecule has 0 N–H and O–H groups in total. The summed E-state index contributed by atoms with van der Waals surface area (Å²) in [6, 6.07) is 73.6. The molecule has 366 valence electrons. The average Bonchev–Trinajstić information content (AvgIpc) is 4.24. The van der Waals surface area contributed by atoms with Gasteiger partial charge in [0.15, 0.2) is 11.2 Å². The van der Waals surface area contributed by atoms with E-state index < -0.39 is 0 Å². The summed E-state index contributed by atoms with van der Waals surface area (Å²) in [5.41, 5.74) is 15.1. The second kappa shape index (κ2) is 16.1. The van der Waals surface area contributed by atoms with E-state index in [1.54, 1.807) is 0 Å². The van der Waals surface area contributed by atoms with Crippen molar-refractivity contribution in [2.75, 3.05) is 9.80 Å². The van der Waals surface area contributed by atoms with Crippen LogP contribution < -0.4 is 9.80 Å². The third-order valence-corrected chi connectivity index (χ3v) is 15.6. The lowest BCUT2D eigenvalue weighted by molar-refractivity contribution is 0.588. The smallest absolute Gasteiger partial charge is 0.159 e. The van der Waals surface area contributed by atoms with Crippen molar-refractivity contribution in [1.82, 2.24) is 0 Å². The molecule has 76 heavy (non-hydrogen) atoms. The van der Waals surface area contributed by atoms with Gasteiger partial charge in [-0.1, -0.05) is 151 Å². The molecule has 0 unspecified atom stereocenters. The summed E-state index contributed by atoms with van der Waals surface area (Å²) >= 11 is 0. The minimum Gasteiger partial charge on any atom is -0.456 e. The Labute approximate surface area is 438 Å². The monoisotopic (exact) mass is 984 g/mol. The Balaban J connectivity index is 0.854. The van der Waals surface area contributed by atoms with Gasteiger partial charge in [0.1, 0.15) is 33.5 Å². The van der Waals surface area contributed by atoms with Crippen LogP contribution in [0.1, 0.15) is 52.7 Å². The molecular formula is C70H52N2O4. The van der Waals surface area contributed by atoms with Gasteiger partial charge in [-0.05, 0) is 141 Å². The van der Waals surface area contributed by atoms with Crippen LogP contribution in [0, 0.1) is 0 Å². The summed E-state index contributed by atoms with van der Waals surface area (Å²) in [4.78, 5) is 4.73. The number of anilines is 6. The number of hydrogen-bond acceptors (Lipinski definition) is 6. The van der Waals surface area contributed by atoms with E-state index in [0.29, 0.717) is 0 Å². The van der Waals surface area contributed by atoms with Crippen molar-refractivity contribution in [2.24, 2.45) is 0 Å². The Morgan fingerprint density at radius 3 is 1.07 bits per heavy atom. The molecule has 6 heteroatoms. The van der Waals surface area contributed by atoms with Crippen LogP contribution in [0.2, 0.25) is 0 Å². The highest BCUT2D eigenvalue weighted by atomic mass is 16.3. The van der Waals surface area contributed by atoms with Crippen molar-refractivity contribution in [3.05, 3.63) is 217 Å². The second-order valence-corrected chi connectivity index (χ2v) is 22.5. The predicted molar refractivity (Wildman–Crippen MR) is 317 cm³/mol. The highest BCUT2D eigenvalue weighted by molar-refractivity contribution is 6.19. The van der Waals surface area contributed by atoms with Crippen LogP contribution in [-0.2, 0) is 10.8 Å². The summed E-state index contributed by atoms with van der Waals surface area (Å²) in [5.74, 6) is 0. The van der Waals surface area contributed by atoms with E-state index in [1.807, 2.05) is 12.1 Å². The van der Waals surface area contributed by atoms with Crippen LogP contribution >= 0.6 is 0 Å². The highest BCUT2D eigenvalue weighted by Crippen LogP contribution is 2.51. The molecule has 0 spiro atoms. The molecule has 0 saturated heterocycles. The first kappa shape index (κ1) is 44.2. The number of furan rings is 4. The zero-order chi connectivity index (χ0) is 51.2. The van der Waals surface area contributed by atoms with Gasteiger partial charge in [0, 0.05) is 65.8 Å². The fraction of sp³-hybridized carbons (Fsp3) is 0.114. The quantitative estimate of drug-likeness (QED) is 0.165. The van der Waals surface area contributed by atoms with Crippen LogP contribution in [0.4, 0.5) is 34.1 Å². The second-order valence-electron chi connectivity index (χ2n) is 22.5. The van der Waals surface area contributed by atoms with Gasteiger partial charge >= 0.3 is 0 Å². The Kier molecular flexibility index (Phi) is 9.38. The number of hydrogen-bond donors (Lipinski definition) is 0. The molecule has 0 atom stereocenters. The molecule has 0 aliphatic carbocycles. The van der Waals surface area contributed by atoms with Gasteiger partial charge in [-0.3, -0.25) is 0 Å². The SMILES string of the molecule is CC(C)(C)c1ccc2c(oc3ccccc32)c1N(c1ccccc1)c1ccc2cc3c(cc2c1)oc1cc2c(cc13)oc1cc3cc(N(c4ccccc4)c4c(C(C)(C)C)ccc5c4oc4ccccc45)ccc3cc12. The van der Waals surface area contributed by atoms with E-state index in [4.69, 9.17) is 17.7 Å². The standard InChI is InChI=1S/C70H52N2O4/c1-69(2,3)57-31-29-51-49-21-13-15-23-59(49)75-67(51)65(57)71(45-17-9-7-10-18-45)47-27-25-41-35-53-55-39-64-56(40-63(55)73-61(53)37-43(41)33-47)54-36-42-26-28-48(34-44(42)38-62(54)74-64)72(46-19-11-8-12-20-46)66-58(70(4,5)6)32-30-52-50-22-14-16-24-60(50)76-68(52)66/h7-40H,1-6H3. The van der Waals surface area contributed by atoms with Crippen molar-refractivity contribution >= 4 is 143 Å². The molecule has 11 aromatic carbocycles. The van der Waals surface area contributed by atoms with Gasteiger partial charge < -0.3 is 27.5 Å². The maximum Gasteiger partial charge on any atom is 0.159 e. The van der Waals surface area contributed by atoms with E-state index in [0.717, 1.165) is 143 Å². The minimum atomic E-state index is -0.178. The van der Waals surface area contributed by atoms with Crippen LogP contribution in [0.25, 0.3) is 109 Å². The third-order valence-electron chi connectivity index (χ3n) is 15.6. The number of rotatable bonds is 6. The van der Waals surface area contributed by atoms with Crippen molar-refractivity contribution in [3.8, 4) is 0 Å². The van der Waals surface area contributed by atoms with Crippen molar-refractivity contribution in [1.29, 1.82) is 0 Å². The largest absolute Gasteiger partial charge is 0.456 e. The molecule has 15 rings (SSSR count). The van der Waals surface area contributed by atoms with E-state index in [9.17, 15) is 0 Å². The fourth-order valence-corrected chi connectivity index (χ4v) is 12.0. The van der Waals surface area contributed by atoms with Gasteiger partial charge in [-0.25, -0.2) is 0 Å². The van der Waals surface area contributed by atoms with Gasteiger partial charge in [0.2, 0.25) is 0 Å². The number of fused-ring (bicyclic) bond motifs is 14. The molecule has 0 fully saturated rings. The first-order valence-corrected chi connectivity index (χ1v) is 26.2. The topological polar surface area (TPSA) is 59.0 Å². The molecule has 6 nitrogen and oxygen atoms in total. The average molecular weight is 985 g/mol. The Bertz CT molecular complexity index is 4540. The lowest BCUT2D eigenvalue weighted by atomic mass is 9.84. The molecule has 0 radical (unpaired) electrons. The first-order chi connectivity index (χ1) is 36.9. The van der Waals surface area contributed by atoms with Crippen LogP contribution in [0.15, 0.2) is 224 Å². The van der Waals surface area contributed by atoms with Crippen molar-refractivity contribution in [3.63, 3.8) is 0 Å². The minimum absolute atomic E-state index is 0.178. The van der Waals surface area contributed by atoms with E-state index in [2.05, 4.69) is 245 Å². The normalized spacial score (nSPS) is 12.6. The molecule has 15 aromatic rings. The predicted octanol–water partition coefficient (Wildman–Crippen LogP) is 21.1. The van der Waals surface area contributed by atoms with Gasteiger partial charge in [-0.15, -0.1) is 0 Å². The summed E-state index contributed by atoms with van der Waals surface area (Å²) in [6.07, 6.45) is 0. The molecule has 0 amide bonds. The van der Waals surface area contributed by atoms with Crippen LogP contribution in [0.3, 0.4) is 0 Å². The maximum atomic E-state index is 6.83. The molecule has 4 aromatic heterocycles. The van der Waals surface area contributed by atoms with E-state index in [1.165, 1.54) is 11.1 Å². The highest BCUT2D eigenvalue weighted by Gasteiger charge is 2.31. The zero-order valence-electron chi connectivity index (χ0n) is 43.2. The van der Waals surface area contributed by atoms with Gasteiger partial charge in [-0.2, -0.15) is 0 Å². The third kappa shape index (κ3) is 6.80. The van der Waals surface area contributed by atoms with E-state index in [-0.39, 0.29) is 10.8 Å². The van der Waals surface area contributed by atoms with Gasteiger partial charge in [0.05, 0.1) is 11.4 Å². The number of nitrogens with zero attached hydrogens (tertiary/aromatic N) is 2. The van der Waals surface area contributed by atoms with Crippen molar-refractivity contribution < 1.29 is 17.7 Å². The van der Waals surface area contributed by atoms with Crippen molar-refractivity contribution in [2.45, 2.75) is 52.4 Å². The lowest BCUT2D eigenvalue weighted by Crippen LogP contribution is -2.19. The molecule has 0 bridgehead atoms. The maximum absolute atomic E-state index is 6.83. The molecule has 0 saturated carbocycles. The number of benzene rings is 11. The lowest BCUT2D eigenvalue weighted by Gasteiger charge is -2.32. The van der Waals surface area contributed by atoms with Crippen LogP contribution in [0.5, 0.6) is 0 Å². The molecule has 4 heterocycles. The summed E-state index contributed by atoms with van der Waals surface area (Å²) in [5, 5.41) is 12.9. The van der Waals surface area contributed by atoms with E-state index >= 15 is 0 Å². The summed E-state index contributed by atoms with van der Waals surface area (Å²) in [7, 11) is 0. The Morgan fingerprint density at radius 1 is 0.263 bits per heavy atom. The Morgan fingerprint density at radius 2 is 0.645 bits per heavy atom. The Hall–Kier alpha value is -9.26. The van der Waals surface area contributed by atoms with Gasteiger partial charge in [0.25, 0.3) is 0 Å². The number of para-hydroxylation sites is 4. The molecule has 0 aliphatic heterocycles. The summed E-state index contributed by atoms with van der Waals surface area (Å²) in [6.45, 7) is 13.6. The zero-order valence-corrected chi connectivity index (χ0v) is 43.2. The first-order valence-electron chi connectivity index (χ1n) is 26.2. The fourth-order valence-electron chi connectivity index (χ4n) is 12.0. The summed E-state index contributed by atoms with van der Waals surface area (Å²) < 4.78 is 27.3.